The minimum Gasteiger partial charge on any atom is -0.478 e. The lowest BCUT2D eigenvalue weighted by molar-refractivity contribution is 0.0698. The Morgan fingerprint density at radius 3 is 2.58 bits per heavy atom. The number of aromatic nitrogens is 2. The summed E-state index contributed by atoms with van der Waals surface area (Å²) in [6.07, 6.45) is 0.677. The zero-order valence-electron chi connectivity index (χ0n) is 11.6. The van der Waals surface area contributed by atoms with Crippen molar-refractivity contribution in [3.63, 3.8) is 0 Å². The molecule has 0 saturated heterocycles. The van der Waals surface area contributed by atoms with E-state index < -0.39 is 5.97 Å². The smallest absolute Gasteiger partial charge is 0.336 e. The number of aromatic carboxylic acids is 1. The van der Waals surface area contributed by atoms with E-state index in [4.69, 9.17) is 4.52 Å². The summed E-state index contributed by atoms with van der Waals surface area (Å²) in [4.78, 5) is 15.8. The Labute approximate surface area is 111 Å². The van der Waals surface area contributed by atoms with E-state index in [9.17, 15) is 9.90 Å². The molecule has 0 fully saturated rings. The fraction of sp³-hybridized carbons (Fsp3) is 0.500. The van der Waals surface area contributed by atoms with Crippen LogP contribution < -0.4 is 0 Å². The molecule has 0 amide bonds. The van der Waals surface area contributed by atoms with Crippen LogP contribution in [0, 0.1) is 5.92 Å². The summed E-state index contributed by atoms with van der Waals surface area (Å²) in [6.45, 7) is 8.03. The molecule has 19 heavy (non-hydrogen) atoms. The zero-order chi connectivity index (χ0) is 14.2. The third-order valence-corrected chi connectivity index (χ3v) is 2.96. The molecular weight excluding hydrogens is 244 g/mol. The average molecular weight is 262 g/mol. The third kappa shape index (κ3) is 2.59. The molecule has 2 aromatic rings. The van der Waals surface area contributed by atoms with Crippen molar-refractivity contribution >= 4 is 17.1 Å². The maximum Gasteiger partial charge on any atom is 0.336 e. The first-order chi connectivity index (χ1) is 8.90. The van der Waals surface area contributed by atoms with E-state index >= 15 is 0 Å². The first-order valence-corrected chi connectivity index (χ1v) is 6.42. The molecule has 5 nitrogen and oxygen atoms in total. The normalized spacial score (nSPS) is 11.7. The van der Waals surface area contributed by atoms with Crippen LogP contribution >= 0.6 is 0 Å². The molecule has 2 aromatic heterocycles. The van der Waals surface area contributed by atoms with Crippen LogP contribution in [0.15, 0.2) is 10.6 Å². The number of carboxylic acids is 1. The van der Waals surface area contributed by atoms with Crippen LogP contribution in [0.3, 0.4) is 0 Å². The van der Waals surface area contributed by atoms with Crippen molar-refractivity contribution in [2.75, 3.05) is 0 Å². The molecule has 0 unspecified atom stereocenters. The van der Waals surface area contributed by atoms with E-state index in [2.05, 4.69) is 24.0 Å². The van der Waals surface area contributed by atoms with Crippen LogP contribution in [0.25, 0.3) is 11.1 Å². The summed E-state index contributed by atoms with van der Waals surface area (Å²) >= 11 is 0. The molecule has 0 radical (unpaired) electrons. The minimum atomic E-state index is -0.970. The topological polar surface area (TPSA) is 76.2 Å². The van der Waals surface area contributed by atoms with Gasteiger partial charge in [0.2, 0.25) is 0 Å². The molecule has 1 N–H and O–H groups in total. The van der Waals surface area contributed by atoms with Gasteiger partial charge in [-0.15, -0.1) is 0 Å². The summed E-state index contributed by atoms with van der Waals surface area (Å²) in [7, 11) is 0. The Kier molecular flexibility index (Phi) is 3.55. The van der Waals surface area contributed by atoms with Gasteiger partial charge in [0.1, 0.15) is 0 Å². The van der Waals surface area contributed by atoms with Gasteiger partial charge in [-0.2, -0.15) is 0 Å². The monoisotopic (exact) mass is 262 g/mol. The van der Waals surface area contributed by atoms with Gasteiger partial charge in [-0.1, -0.05) is 32.9 Å². The molecule has 0 spiro atoms. The SMILES string of the molecule is CC(C)Cc1noc2nc(C(C)C)cc(C(=O)O)c12. The van der Waals surface area contributed by atoms with Gasteiger partial charge in [0, 0.05) is 5.69 Å². The number of carbonyl (C=O) groups is 1. The van der Waals surface area contributed by atoms with Crippen LogP contribution in [-0.2, 0) is 6.42 Å². The van der Waals surface area contributed by atoms with Gasteiger partial charge in [0.25, 0.3) is 5.71 Å². The zero-order valence-corrected chi connectivity index (χ0v) is 11.6. The van der Waals surface area contributed by atoms with Gasteiger partial charge in [-0.05, 0) is 24.3 Å². The third-order valence-electron chi connectivity index (χ3n) is 2.96. The molecule has 102 valence electrons. The number of fused-ring (bicyclic) bond motifs is 1. The number of hydrogen-bond donors (Lipinski definition) is 1. The maximum atomic E-state index is 11.4. The molecule has 0 aliphatic rings. The van der Waals surface area contributed by atoms with E-state index in [-0.39, 0.29) is 11.5 Å². The van der Waals surface area contributed by atoms with Crippen molar-refractivity contribution < 1.29 is 14.4 Å². The fourth-order valence-electron chi connectivity index (χ4n) is 2.02. The van der Waals surface area contributed by atoms with Crippen molar-refractivity contribution in [2.45, 2.75) is 40.0 Å². The predicted octanol–water partition coefficient (Wildman–Crippen LogP) is 3.24. The quantitative estimate of drug-likeness (QED) is 0.915. The molecular formula is C14H18N2O3. The molecule has 0 aromatic carbocycles. The lowest BCUT2D eigenvalue weighted by Crippen LogP contribution is -2.04. The molecule has 0 saturated carbocycles. The molecule has 2 rings (SSSR count). The highest BCUT2D eigenvalue weighted by atomic mass is 16.5. The number of nitrogens with zero attached hydrogens (tertiary/aromatic N) is 2. The molecule has 2 heterocycles. The molecule has 0 bridgehead atoms. The Hall–Kier alpha value is -1.91. The summed E-state index contributed by atoms with van der Waals surface area (Å²) < 4.78 is 5.21. The molecule has 0 atom stereocenters. The van der Waals surface area contributed by atoms with E-state index in [1.807, 2.05) is 13.8 Å². The Balaban J connectivity index is 2.68. The number of hydrogen-bond acceptors (Lipinski definition) is 4. The van der Waals surface area contributed by atoms with Crippen molar-refractivity contribution in [3.8, 4) is 0 Å². The largest absolute Gasteiger partial charge is 0.478 e. The van der Waals surface area contributed by atoms with Crippen LogP contribution in [0.4, 0.5) is 0 Å². The molecule has 0 aliphatic heterocycles. The molecule has 0 aliphatic carbocycles. The summed E-state index contributed by atoms with van der Waals surface area (Å²) in [5.74, 6) is -0.455. The molecule has 5 heteroatoms. The average Bonchev–Trinajstić information content (AvgIpc) is 2.70. The summed E-state index contributed by atoms with van der Waals surface area (Å²) in [5.41, 5.74) is 1.92. The Morgan fingerprint density at radius 1 is 1.37 bits per heavy atom. The van der Waals surface area contributed by atoms with Crippen LogP contribution in [-0.4, -0.2) is 21.2 Å². The first-order valence-electron chi connectivity index (χ1n) is 6.42. The highest BCUT2D eigenvalue weighted by Gasteiger charge is 2.21. The highest BCUT2D eigenvalue weighted by Crippen LogP contribution is 2.26. The van der Waals surface area contributed by atoms with Gasteiger partial charge in [-0.3, -0.25) is 0 Å². The fourth-order valence-corrected chi connectivity index (χ4v) is 2.02. The lowest BCUT2D eigenvalue weighted by Gasteiger charge is -2.07. The Morgan fingerprint density at radius 2 is 2.05 bits per heavy atom. The Bertz CT molecular complexity index is 614. The van der Waals surface area contributed by atoms with Crippen LogP contribution in [0.1, 0.15) is 55.4 Å². The van der Waals surface area contributed by atoms with Gasteiger partial charge in [-0.25, -0.2) is 9.78 Å². The van der Waals surface area contributed by atoms with Crippen molar-refractivity contribution in [1.29, 1.82) is 0 Å². The highest BCUT2D eigenvalue weighted by molar-refractivity contribution is 6.02. The van der Waals surface area contributed by atoms with Crippen molar-refractivity contribution in [2.24, 2.45) is 5.92 Å². The maximum absolute atomic E-state index is 11.4. The van der Waals surface area contributed by atoms with E-state index in [1.54, 1.807) is 6.07 Å². The van der Waals surface area contributed by atoms with Crippen LogP contribution in [0.2, 0.25) is 0 Å². The van der Waals surface area contributed by atoms with E-state index in [1.165, 1.54) is 0 Å². The number of carboxylic acid groups (broad SMARTS) is 1. The number of rotatable bonds is 4. The second-order valence-corrected chi connectivity index (χ2v) is 5.46. The van der Waals surface area contributed by atoms with E-state index in [0.717, 1.165) is 0 Å². The second-order valence-electron chi connectivity index (χ2n) is 5.46. The van der Waals surface area contributed by atoms with Crippen LogP contribution in [0.5, 0.6) is 0 Å². The van der Waals surface area contributed by atoms with Gasteiger partial charge >= 0.3 is 5.97 Å². The van der Waals surface area contributed by atoms with E-state index in [0.29, 0.717) is 34.8 Å². The second kappa shape index (κ2) is 4.99. The minimum absolute atomic E-state index is 0.140. The van der Waals surface area contributed by atoms with Crippen molar-refractivity contribution in [3.05, 3.63) is 23.0 Å². The van der Waals surface area contributed by atoms with Gasteiger partial charge in [0.15, 0.2) is 0 Å². The predicted molar refractivity (Wildman–Crippen MR) is 71.4 cm³/mol. The van der Waals surface area contributed by atoms with Gasteiger partial charge < -0.3 is 9.63 Å². The lowest BCUT2D eigenvalue weighted by atomic mass is 10.0. The van der Waals surface area contributed by atoms with Gasteiger partial charge in [0.05, 0.1) is 16.6 Å². The summed E-state index contributed by atoms with van der Waals surface area (Å²) in [5, 5.41) is 13.9. The summed E-state index contributed by atoms with van der Waals surface area (Å²) in [6, 6.07) is 1.62. The number of pyridine rings is 1. The first kappa shape index (κ1) is 13.5. The van der Waals surface area contributed by atoms with Crippen molar-refractivity contribution in [1.82, 2.24) is 10.1 Å². The standard InChI is InChI=1S/C14H18N2O3/c1-7(2)5-11-12-9(14(17)18)6-10(8(3)4)15-13(12)19-16-11/h6-8H,5H2,1-4H3,(H,17,18).